The molecule has 10 nitrogen and oxygen atoms in total. The largest absolute Gasteiger partial charge is 0.508 e. The number of hydrogen-bond donors (Lipinski definition) is 6. The quantitative estimate of drug-likeness (QED) is 0.419. The van der Waals surface area contributed by atoms with Gasteiger partial charge in [0.25, 0.3) is 11.9 Å². The van der Waals surface area contributed by atoms with Gasteiger partial charge in [-0.15, -0.1) is 0 Å². The molecule has 0 amide bonds. The number of rotatable bonds is 4. The fourth-order valence-corrected chi connectivity index (χ4v) is 1.27. The molecule has 0 fully saturated rings. The first-order chi connectivity index (χ1) is 10.9. The van der Waals surface area contributed by atoms with Crippen molar-refractivity contribution >= 4 is 23.9 Å². The van der Waals surface area contributed by atoms with E-state index in [9.17, 15) is 19.8 Å². The van der Waals surface area contributed by atoms with Crippen LogP contribution in [0.2, 0.25) is 0 Å². The molecule has 10 heteroatoms. The van der Waals surface area contributed by atoms with Crippen LogP contribution in [-0.2, 0) is 32.0 Å². The van der Waals surface area contributed by atoms with E-state index in [1.165, 1.54) is 0 Å². The van der Waals surface area contributed by atoms with Gasteiger partial charge in [-0.3, -0.25) is 19.2 Å². The Kier molecular flexibility index (Phi) is 10.8. The van der Waals surface area contributed by atoms with Gasteiger partial charge >= 0.3 is 11.9 Å². The van der Waals surface area contributed by atoms with E-state index in [0.717, 1.165) is 26.0 Å². The van der Waals surface area contributed by atoms with Crippen LogP contribution in [-0.4, -0.2) is 54.5 Å². The zero-order valence-corrected chi connectivity index (χ0v) is 12.9. The van der Waals surface area contributed by atoms with Crippen LogP contribution in [0.4, 0.5) is 0 Å². The Morgan fingerprint density at radius 2 is 0.917 bits per heavy atom. The fourth-order valence-electron chi connectivity index (χ4n) is 1.27. The number of carboxylic acids is 4. The summed E-state index contributed by atoms with van der Waals surface area (Å²) in [5, 5.41) is 50.7. The topological polar surface area (TPSA) is 190 Å². The molecule has 0 heterocycles. The SMILES string of the molecule is CC(=O)O.CC(=O)O.O=C(O)Cc1cc(O)c(CC(=O)O)cc1O. The number of aliphatic carboxylic acids is 4. The molecule has 1 aromatic rings. The van der Waals surface area contributed by atoms with Crippen molar-refractivity contribution in [3.05, 3.63) is 23.3 Å². The molecule has 1 rings (SSSR count). The molecular weight excluding hydrogens is 328 g/mol. The van der Waals surface area contributed by atoms with Gasteiger partial charge in [-0.1, -0.05) is 0 Å². The Labute approximate surface area is 136 Å². The first-order valence-corrected chi connectivity index (χ1v) is 6.23. The third kappa shape index (κ3) is 13.7. The van der Waals surface area contributed by atoms with E-state index in [-0.39, 0.29) is 22.6 Å². The molecule has 1 aromatic carbocycles. The van der Waals surface area contributed by atoms with E-state index in [1.807, 2.05) is 0 Å². The summed E-state index contributed by atoms with van der Waals surface area (Å²) in [7, 11) is 0. The van der Waals surface area contributed by atoms with Crippen LogP contribution < -0.4 is 0 Å². The summed E-state index contributed by atoms with van der Waals surface area (Å²) in [6.45, 7) is 2.17. The number of aromatic hydroxyl groups is 2. The monoisotopic (exact) mass is 346 g/mol. The highest BCUT2D eigenvalue weighted by molar-refractivity contribution is 5.74. The van der Waals surface area contributed by atoms with Crippen molar-refractivity contribution < 1.29 is 49.8 Å². The number of carboxylic acid groups (broad SMARTS) is 4. The summed E-state index contributed by atoms with van der Waals surface area (Å²) >= 11 is 0. The summed E-state index contributed by atoms with van der Waals surface area (Å²) in [4.78, 5) is 38.8. The molecule has 0 aliphatic carbocycles. The highest BCUT2D eigenvalue weighted by atomic mass is 16.4. The molecule has 134 valence electrons. The van der Waals surface area contributed by atoms with Crippen LogP contribution in [0.5, 0.6) is 11.5 Å². The summed E-state index contributed by atoms with van der Waals surface area (Å²) in [6.07, 6.45) is -0.876. The van der Waals surface area contributed by atoms with E-state index in [2.05, 4.69) is 0 Å². The average Bonchev–Trinajstić information content (AvgIpc) is 2.32. The smallest absolute Gasteiger partial charge is 0.307 e. The van der Waals surface area contributed by atoms with Gasteiger partial charge in [0.1, 0.15) is 11.5 Å². The van der Waals surface area contributed by atoms with Gasteiger partial charge < -0.3 is 30.6 Å². The highest BCUT2D eigenvalue weighted by Gasteiger charge is 2.13. The molecule has 6 N–H and O–H groups in total. The fraction of sp³-hybridized carbons (Fsp3) is 0.286. The standard InChI is InChI=1S/C10H10O6.2C2H4O2/c11-7-1-5(3-9(13)14)8(12)2-6(7)4-10(15)16;2*1-2(3)4/h1-2,11-12H,3-4H2,(H,13,14)(H,15,16);2*1H3,(H,3,4). The molecule has 0 spiro atoms. The molecule has 0 aliphatic heterocycles. The lowest BCUT2D eigenvalue weighted by Crippen LogP contribution is -2.03. The van der Waals surface area contributed by atoms with Crippen LogP contribution in [0, 0.1) is 0 Å². The van der Waals surface area contributed by atoms with E-state index in [1.54, 1.807) is 0 Å². The van der Waals surface area contributed by atoms with E-state index >= 15 is 0 Å². The van der Waals surface area contributed by atoms with Crippen molar-refractivity contribution in [1.29, 1.82) is 0 Å². The summed E-state index contributed by atoms with van der Waals surface area (Å²) in [6, 6.07) is 2.11. The Hall–Kier alpha value is -3.30. The molecule has 0 aromatic heterocycles. The Morgan fingerprint density at radius 1 is 0.708 bits per heavy atom. The van der Waals surface area contributed by atoms with Crippen LogP contribution in [0.3, 0.4) is 0 Å². The van der Waals surface area contributed by atoms with Crippen molar-refractivity contribution in [3.8, 4) is 11.5 Å². The zero-order valence-electron chi connectivity index (χ0n) is 12.9. The van der Waals surface area contributed by atoms with Gasteiger partial charge in [0.05, 0.1) is 12.8 Å². The van der Waals surface area contributed by atoms with E-state index in [0.29, 0.717) is 0 Å². The predicted molar refractivity (Wildman–Crippen MR) is 79.1 cm³/mol. The lowest BCUT2D eigenvalue weighted by molar-refractivity contribution is -0.137. The molecule has 24 heavy (non-hydrogen) atoms. The van der Waals surface area contributed by atoms with Crippen molar-refractivity contribution in [2.45, 2.75) is 26.7 Å². The van der Waals surface area contributed by atoms with Gasteiger partial charge in [-0.05, 0) is 12.1 Å². The second-order valence-electron chi connectivity index (χ2n) is 4.29. The zero-order chi connectivity index (χ0) is 19.4. The molecule has 0 atom stereocenters. The summed E-state index contributed by atoms with van der Waals surface area (Å²) < 4.78 is 0. The average molecular weight is 346 g/mol. The van der Waals surface area contributed by atoms with Gasteiger partial charge in [0, 0.05) is 25.0 Å². The van der Waals surface area contributed by atoms with Crippen molar-refractivity contribution in [1.82, 2.24) is 0 Å². The highest BCUT2D eigenvalue weighted by Crippen LogP contribution is 2.28. The van der Waals surface area contributed by atoms with Gasteiger partial charge in [-0.2, -0.15) is 0 Å². The molecular formula is C14H18O10. The van der Waals surface area contributed by atoms with Crippen molar-refractivity contribution in [2.24, 2.45) is 0 Å². The maximum Gasteiger partial charge on any atom is 0.307 e. The van der Waals surface area contributed by atoms with Crippen molar-refractivity contribution in [3.63, 3.8) is 0 Å². The molecule has 0 radical (unpaired) electrons. The Balaban J connectivity index is 0. The number of benzene rings is 1. The molecule has 0 bridgehead atoms. The van der Waals surface area contributed by atoms with Gasteiger partial charge in [0.15, 0.2) is 0 Å². The summed E-state index contributed by atoms with van der Waals surface area (Å²) in [5.74, 6) is -4.64. The van der Waals surface area contributed by atoms with Crippen LogP contribution in [0.25, 0.3) is 0 Å². The third-order valence-electron chi connectivity index (χ3n) is 1.96. The van der Waals surface area contributed by atoms with Gasteiger partial charge in [-0.25, -0.2) is 0 Å². The minimum absolute atomic E-state index is 0.0409. The summed E-state index contributed by atoms with van der Waals surface area (Å²) in [5.41, 5.74) is 0.0817. The lowest BCUT2D eigenvalue weighted by Gasteiger charge is -2.07. The molecule has 0 saturated heterocycles. The Bertz CT molecular complexity index is 544. The second kappa shape index (κ2) is 11.3. The first kappa shape index (κ1) is 23.0. The normalized spacial score (nSPS) is 8.75. The van der Waals surface area contributed by atoms with Crippen LogP contribution in [0.15, 0.2) is 12.1 Å². The maximum atomic E-state index is 10.4. The molecule has 0 aliphatic rings. The van der Waals surface area contributed by atoms with Crippen molar-refractivity contribution in [2.75, 3.05) is 0 Å². The van der Waals surface area contributed by atoms with Gasteiger partial charge in [0.2, 0.25) is 0 Å². The number of carbonyl (C=O) groups is 4. The number of hydrogen-bond acceptors (Lipinski definition) is 6. The van der Waals surface area contributed by atoms with E-state index in [4.69, 9.17) is 30.0 Å². The Morgan fingerprint density at radius 3 is 1.08 bits per heavy atom. The maximum absolute atomic E-state index is 10.4. The van der Waals surface area contributed by atoms with E-state index < -0.39 is 36.7 Å². The molecule has 0 unspecified atom stereocenters. The van der Waals surface area contributed by atoms with Crippen LogP contribution in [0.1, 0.15) is 25.0 Å². The van der Waals surface area contributed by atoms with Crippen LogP contribution >= 0.6 is 0 Å². The predicted octanol–water partition coefficient (Wildman–Crippen LogP) is 0.534. The second-order valence-corrected chi connectivity index (χ2v) is 4.29. The lowest BCUT2D eigenvalue weighted by atomic mass is 10.0. The molecule has 0 saturated carbocycles. The minimum Gasteiger partial charge on any atom is -0.508 e. The first-order valence-electron chi connectivity index (χ1n) is 6.23. The number of phenols is 2. The third-order valence-corrected chi connectivity index (χ3v) is 1.96. The number of phenolic OH excluding ortho intramolecular Hbond substituents is 2. The minimum atomic E-state index is -1.15.